The molecule has 1 saturated heterocycles. The van der Waals surface area contributed by atoms with Gasteiger partial charge in [-0.15, -0.1) is 0 Å². The number of halogens is 2. The minimum atomic E-state index is -1.52. The van der Waals surface area contributed by atoms with E-state index in [4.69, 9.17) is 19.4 Å². The minimum Gasteiger partial charge on any atom is -0.502 e. The molecule has 0 radical (unpaired) electrons. The van der Waals surface area contributed by atoms with Crippen molar-refractivity contribution < 1.29 is 13.5 Å². The molecule has 6 rings (SSSR count). The predicted octanol–water partition coefficient (Wildman–Crippen LogP) is 13.9. The van der Waals surface area contributed by atoms with Gasteiger partial charge in [0, 0.05) is 32.4 Å². The van der Waals surface area contributed by atoms with Gasteiger partial charge in [-0.1, -0.05) is 54.7 Å². The molecule has 1 aliphatic heterocycles. The van der Waals surface area contributed by atoms with Crippen molar-refractivity contribution in [2.24, 2.45) is 0 Å². The van der Waals surface area contributed by atoms with Gasteiger partial charge in [-0.05, 0) is 141 Å². The summed E-state index contributed by atoms with van der Waals surface area (Å²) in [5.74, 6) is 0. The number of anilines is 2. The summed E-state index contributed by atoms with van der Waals surface area (Å²) in [5, 5.41) is 0. The molecule has 0 N–H and O–H groups in total. The van der Waals surface area contributed by atoms with Crippen LogP contribution in [0, 0.1) is 48.2 Å². The molecule has 2 nitrogen and oxygen atoms in total. The first kappa shape index (κ1) is 42.0. The smallest absolute Gasteiger partial charge is 0.0146 e. The molecule has 6 heteroatoms. The van der Waals surface area contributed by atoms with E-state index < -0.39 is 13.5 Å². The molecule has 0 spiro atoms. The van der Waals surface area contributed by atoms with Crippen LogP contribution in [0.2, 0.25) is 0 Å². The van der Waals surface area contributed by atoms with Gasteiger partial charge in [-0.3, -0.25) is 0 Å². The third-order valence-electron chi connectivity index (χ3n) is 11.4. The first-order chi connectivity index (χ1) is 23.9. The summed E-state index contributed by atoms with van der Waals surface area (Å²) in [7, 11) is 11.0. The molecular weight excluding hydrogens is 759 g/mol. The topological polar surface area (TPSA) is 6.48 Å². The molecule has 3 aliphatic carbocycles. The van der Waals surface area contributed by atoms with Crippen LogP contribution in [0.25, 0.3) is 0 Å². The second kappa shape index (κ2) is 21.2. The summed E-state index contributed by atoms with van der Waals surface area (Å²) in [4.78, 5) is 4.81. The zero-order valence-corrected chi connectivity index (χ0v) is 37.0. The van der Waals surface area contributed by atoms with E-state index in [0.717, 1.165) is 13.1 Å². The fourth-order valence-electron chi connectivity index (χ4n) is 9.56. The second-order valence-corrected chi connectivity index (χ2v) is 25.3. The molecule has 50 heavy (non-hydrogen) atoms. The molecule has 4 aliphatic rings. The number of rotatable bonds is 6. The van der Waals surface area contributed by atoms with Crippen LogP contribution in [0.5, 0.6) is 0 Å². The number of allylic oxidation sites excluding steroid dienone is 2. The summed E-state index contributed by atoms with van der Waals surface area (Å²) in [5.41, 5.74) is 15.8. The Morgan fingerprint density at radius 1 is 0.600 bits per heavy atom. The van der Waals surface area contributed by atoms with Crippen LogP contribution in [0.4, 0.5) is 11.4 Å². The Balaban J connectivity index is 0.000000188. The summed E-state index contributed by atoms with van der Waals surface area (Å²) in [6, 6.07) is 9.12. The number of aryl methyl sites for hydroxylation is 6. The van der Waals surface area contributed by atoms with Crippen molar-refractivity contribution >= 4 is 43.3 Å². The van der Waals surface area contributed by atoms with Gasteiger partial charge in [-0.25, -0.2) is 0 Å². The summed E-state index contributed by atoms with van der Waals surface area (Å²) in [6.07, 6.45) is 25.7. The van der Waals surface area contributed by atoms with Crippen LogP contribution in [-0.4, -0.2) is 34.7 Å². The van der Waals surface area contributed by atoms with Crippen LogP contribution in [0.3, 0.4) is 0 Å². The van der Waals surface area contributed by atoms with Crippen LogP contribution in [-0.2, 0) is 13.5 Å². The monoisotopic (exact) mass is 828 g/mol. The third-order valence-corrected chi connectivity index (χ3v) is 17.8. The van der Waals surface area contributed by atoms with Gasteiger partial charge in [0.15, 0.2) is 0 Å². The Hall–Kier alpha value is -0.717. The van der Waals surface area contributed by atoms with E-state index in [1.807, 2.05) is 24.5 Å². The van der Waals surface area contributed by atoms with Crippen molar-refractivity contribution in [1.29, 1.82) is 0 Å². The van der Waals surface area contributed by atoms with E-state index in [1.54, 1.807) is 96.3 Å². The van der Waals surface area contributed by atoms with Gasteiger partial charge in [0.1, 0.15) is 0 Å². The Morgan fingerprint density at radius 3 is 1.18 bits per heavy atom. The Morgan fingerprint density at radius 2 is 0.920 bits per heavy atom. The van der Waals surface area contributed by atoms with Crippen LogP contribution >= 0.6 is 27.3 Å². The summed E-state index contributed by atoms with van der Waals surface area (Å²) in [6.45, 7) is 21.6. The molecule has 2 aromatic rings. The van der Waals surface area contributed by atoms with Crippen molar-refractivity contribution in [2.75, 3.05) is 22.9 Å². The molecule has 0 atom stereocenters. The zero-order valence-electron chi connectivity index (χ0n) is 32.8. The standard InChI is InChI=1S/C21H27N2.C18H33P.C5H8.2ClH.Ru/c1-14-9-16(3)20(17(4)10-14)22-7-8-23(13-22)21-18(5)11-15(2)12-19(21)6;1-4-10-16(11-5-1)19(17-12-6-2-7-13-17)18-14-8-3-9-15-18;1-4-5(2)3;;;/h9-13H,7-8H2,1-6H3;16-18H,1-15H2;1,4H,2-3H3;2*1H;/q-1;;;;;+2/p-1. The molecule has 1 heterocycles. The molecule has 0 unspecified atom stereocenters. The van der Waals surface area contributed by atoms with Gasteiger partial charge in [0.05, 0.1) is 17.0 Å². The molecule has 0 bridgehead atoms. The first-order valence-corrected chi connectivity index (χ1v) is 27.0. The number of hydrogen-bond donors (Lipinski definition) is 0. The maximum absolute atomic E-state index is 5.53. The van der Waals surface area contributed by atoms with Crippen LogP contribution in [0.15, 0.2) is 35.9 Å². The van der Waals surface area contributed by atoms with Gasteiger partial charge in [0.25, 0.3) is 0 Å². The van der Waals surface area contributed by atoms with E-state index in [9.17, 15) is 0 Å². The molecule has 3 saturated carbocycles. The first-order valence-electron chi connectivity index (χ1n) is 19.8. The van der Waals surface area contributed by atoms with E-state index >= 15 is 0 Å². The van der Waals surface area contributed by atoms with Gasteiger partial charge in [-0.2, -0.15) is 6.67 Å². The SMILES string of the molecule is C1CCC([PH+](C2CCCCC2)C2CCCCC2)CC1.CC(C)=C[CH]=[Ru]([Cl])[Cl].Cc1cc(C)c(N2[CH-]N(c3c(C)cc(C)cc3C)CC2)c(C)c1. The van der Waals surface area contributed by atoms with Crippen molar-refractivity contribution in [3.05, 3.63) is 76.0 Å². The molecule has 282 valence electrons. The Kier molecular flexibility index (Phi) is 17.9. The quantitative estimate of drug-likeness (QED) is 0.163. The number of hydrogen-bond acceptors (Lipinski definition) is 2. The second-order valence-electron chi connectivity index (χ2n) is 16.1. The van der Waals surface area contributed by atoms with E-state index in [1.165, 1.54) is 67.3 Å². The number of benzene rings is 2. The zero-order chi connectivity index (χ0) is 36.2. The van der Waals surface area contributed by atoms with Crippen LogP contribution in [0.1, 0.15) is 144 Å². The molecular formula is C44H69Cl2N2PRu. The van der Waals surface area contributed by atoms with Crippen molar-refractivity contribution in [2.45, 2.75) is 169 Å². The third kappa shape index (κ3) is 12.7. The van der Waals surface area contributed by atoms with Crippen LogP contribution < -0.4 is 9.80 Å². The average molecular weight is 829 g/mol. The summed E-state index contributed by atoms with van der Waals surface area (Å²) >= 11 is -1.52. The van der Waals surface area contributed by atoms with Crippen molar-refractivity contribution in [3.63, 3.8) is 0 Å². The maximum Gasteiger partial charge on any atom is 0.0146 e. The normalized spacial score (nSPS) is 19.4. The largest absolute Gasteiger partial charge is 0.502 e. The van der Waals surface area contributed by atoms with E-state index in [-0.39, 0.29) is 7.92 Å². The van der Waals surface area contributed by atoms with E-state index in [2.05, 4.69) is 82.3 Å². The molecule has 0 amide bonds. The Labute approximate surface area is 322 Å². The van der Waals surface area contributed by atoms with E-state index in [0.29, 0.717) is 0 Å². The molecule has 0 aromatic heterocycles. The molecule has 2 aromatic carbocycles. The molecule has 4 fully saturated rings. The van der Waals surface area contributed by atoms with Gasteiger partial charge in [0.2, 0.25) is 0 Å². The maximum atomic E-state index is 5.53. The van der Waals surface area contributed by atoms with Crippen molar-refractivity contribution in [1.82, 2.24) is 0 Å². The number of nitrogens with zero attached hydrogens (tertiary/aromatic N) is 2. The van der Waals surface area contributed by atoms with Crippen molar-refractivity contribution in [3.8, 4) is 0 Å². The van der Waals surface area contributed by atoms with Gasteiger partial charge >= 0.3 is 63.0 Å². The fraction of sp³-hybridized carbons (Fsp3) is 0.636. The predicted molar refractivity (Wildman–Crippen MR) is 226 cm³/mol. The Bertz CT molecular complexity index is 1240. The summed E-state index contributed by atoms with van der Waals surface area (Å²) < 4.78 is 1.88. The minimum absolute atomic E-state index is 0.0465. The fourth-order valence-corrected chi connectivity index (χ4v) is 16.1. The average Bonchev–Trinajstić information content (AvgIpc) is 3.54. The van der Waals surface area contributed by atoms with Gasteiger partial charge < -0.3 is 9.80 Å².